The predicted molar refractivity (Wildman–Crippen MR) is 69.9 cm³/mol. The van der Waals surface area contributed by atoms with E-state index < -0.39 is 17.5 Å². The summed E-state index contributed by atoms with van der Waals surface area (Å²) in [5.41, 5.74) is 4.78. The summed E-state index contributed by atoms with van der Waals surface area (Å²) in [6, 6.07) is 0. The van der Waals surface area contributed by atoms with Gasteiger partial charge in [-0.25, -0.2) is 4.79 Å². The Bertz CT molecular complexity index is 285. The van der Waals surface area contributed by atoms with E-state index in [9.17, 15) is 9.59 Å². The fourth-order valence-corrected chi connectivity index (χ4v) is 1.82. The van der Waals surface area contributed by atoms with E-state index in [0.29, 0.717) is 19.3 Å². The third-order valence-corrected chi connectivity index (χ3v) is 3.39. The quantitative estimate of drug-likeness (QED) is 0.390. The molecule has 0 aromatic carbocycles. The van der Waals surface area contributed by atoms with Crippen LogP contribution in [0.1, 0.15) is 71.1 Å². The maximum Gasteiger partial charge on any atom is 0.333 e. The molecule has 0 bridgehead atoms. The van der Waals surface area contributed by atoms with E-state index in [2.05, 4.69) is 6.92 Å². The van der Waals surface area contributed by atoms with Crippen molar-refractivity contribution in [1.82, 2.24) is 0 Å². The molecule has 1 aliphatic rings. The number of unbranched alkanes of at least 4 members (excludes halogenated alkanes) is 6. The molecular weight excluding hydrogens is 230 g/mol. The van der Waals surface area contributed by atoms with Crippen LogP contribution in [0.3, 0.4) is 0 Å². The molecule has 0 unspecified atom stereocenters. The summed E-state index contributed by atoms with van der Waals surface area (Å²) < 4.78 is 4.72. The maximum absolute atomic E-state index is 11.4. The number of nitrogens with two attached hydrogens (primary N) is 1. The minimum Gasteiger partial charge on any atom is -0.392 e. The number of hydrogen-bond acceptors (Lipinski definition) is 4. The van der Waals surface area contributed by atoms with Crippen molar-refractivity contribution in [2.45, 2.75) is 76.7 Å². The van der Waals surface area contributed by atoms with Crippen molar-refractivity contribution < 1.29 is 14.3 Å². The summed E-state index contributed by atoms with van der Waals surface area (Å²) in [4.78, 5) is 22.7. The highest BCUT2D eigenvalue weighted by Gasteiger charge is 2.48. The lowest BCUT2D eigenvalue weighted by Gasteiger charge is -2.07. The van der Waals surface area contributed by atoms with Gasteiger partial charge in [0.05, 0.1) is 0 Å². The molecule has 18 heavy (non-hydrogen) atoms. The second-order valence-electron chi connectivity index (χ2n) is 5.29. The SMILES string of the molecule is CCCCCCCCCC(=O)OC(=O)C1(N)CC1. The van der Waals surface area contributed by atoms with Crippen LogP contribution >= 0.6 is 0 Å². The van der Waals surface area contributed by atoms with Crippen molar-refractivity contribution >= 4 is 11.9 Å². The minimum atomic E-state index is -0.851. The van der Waals surface area contributed by atoms with Gasteiger partial charge in [0.15, 0.2) is 0 Å². The first-order valence-corrected chi connectivity index (χ1v) is 7.12. The van der Waals surface area contributed by atoms with Gasteiger partial charge in [0.1, 0.15) is 5.54 Å². The highest BCUT2D eigenvalue weighted by atomic mass is 16.6. The van der Waals surface area contributed by atoms with E-state index in [0.717, 1.165) is 19.3 Å². The summed E-state index contributed by atoms with van der Waals surface area (Å²) in [5, 5.41) is 0. The van der Waals surface area contributed by atoms with Crippen LogP contribution in [0.4, 0.5) is 0 Å². The Balaban J connectivity index is 1.95. The lowest BCUT2D eigenvalue weighted by atomic mass is 10.1. The van der Waals surface area contributed by atoms with E-state index >= 15 is 0 Å². The van der Waals surface area contributed by atoms with E-state index in [1.54, 1.807) is 0 Å². The molecular formula is C14H25NO3. The average molecular weight is 255 g/mol. The van der Waals surface area contributed by atoms with Crippen molar-refractivity contribution in [2.24, 2.45) is 5.73 Å². The first-order valence-electron chi connectivity index (χ1n) is 7.12. The largest absolute Gasteiger partial charge is 0.392 e. The second-order valence-corrected chi connectivity index (χ2v) is 5.29. The number of carbonyl (C=O) groups excluding carboxylic acids is 2. The molecule has 4 heteroatoms. The predicted octanol–water partition coefficient (Wildman–Crippen LogP) is 2.69. The van der Waals surface area contributed by atoms with E-state index in [-0.39, 0.29) is 0 Å². The molecule has 1 fully saturated rings. The van der Waals surface area contributed by atoms with Crippen LogP contribution in [0.2, 0.25) is 0 Å². The number of hydrogen-bond donors (Lipinski definition) is 1. The molecule has 0 heterocycles. The molecule has 1 rings (SSSR count). The molecule has 0 atom stereocenters. The Hall–Kier alpha value is -0.900. The Morgan fingerprint density at radius 3 is 2.17 bits per heavy atom. The summed E-state index contributed by atoms with van der Waals surface area (Å²) in [6.45, 7) is 2.19. The summed E-state index contributed by atoms with van der Waals surface area (Å²) in [7, 11) is 0. The molecule has 0 spiro atoms. The van der Waals surface area contributed by atoms with Gasteiger partial charge >= 0.3 is 11.9 Å². The zero-order valence-electron chi connectivity index (χ0n) is 11.4. The van der Waals surface area contributed by atoms with Crippen molar-refractivity contribution in [3.63, 3.8) is 0 Å². The van der Waals surface area contributed by atoms with Gasteiger partial charge in [-0.05, 0) is 19.3 Å². The van der Waals surface area contributed by atoms with Gasteiger partial charge < -0.3 is 10.5 Å². The van der Waals surface area contributed by atoms with Crippen LogP contribution in [0, 0.1) is 0 Å². The number of ether oxygens (including phenoxy) is 1. The van der Waals surface area contributed by atoms with Crippen molar-refractivity contribution in [3.05, 3.63) is 0 Å². The van der Waals surface area contributed by atoms with Gasteiger partial charge in [-0.15, -0.1) is 0 Å². The standard InChI is InChI=1S/C14H25NO3/c1-2-3-4-5-6-7-8-9-12(16)18-13(17)14(15)10-11-14/h2-11,15H2,1H3. The van der Waals surface area contributed by atoms with Gasteiger partial charge in [0.2, 0.25) is 0 Å². The molecule has 0 amide bonds. The van der Waals surface area contributed by atoms with Crippen LogP contribution in [-0.2, 0) is 14.3 Å². The van der Waals surface area contributed by atoms with E-state index in [1.165, 1.54) is 25.7 Å². The molecule has 0 aromatic rings. The van der Waals surface area contributed by atoms with Crippen LogP contribution in [0.15, 0.2) is 0 Å². The van der Waals surface area contributed by atoms with Crippen LogP contribution in [0.25, 0.3) is 0 Å². The Kier molecular flexibility index (Phi) is 6.33. The highest BCUT2D eigenvalue weighted by Crippen LogP contribution is 2.33. The average Bonchev–Trinajstić information content (AvgIpc) is 3.07. The Morgan fingerprint density at radius 2 is 1.61 bits per heavy atom. The molecule has 1 saturated carbocycles. The summed E-state index contributed by atoms with van der Waals surface area (Å²) in [6.07, 6.45) is 9.62. The topological polar surface area (TPSA) is 69.4 Å². The second kappa shape index (κ2) is 7.52. The highest BCUT2D eigenvalue weighted by molar-refractivity contribution is 5.92. The van der Waals surface area contributed by atoms with Crippen molar-refractivity contribution in [1.29, 1.82) is 0 Å². The number of carbonyl (C=O) groups is 2. The zero-order chi connectivity index (χ0) is 13.4. The number of esters is 2. The molecule has 0 aromatic heterocycles. The zero-order valence-corrected chi connectivity index (χ0v) is 11.4. The monoisotopic (exact) mass is 255 g/mol. The minimum absolute atomic E-state index is 0.329. The molecule has 1 aliphatic carbocycles. The van der Waals surface area contributed by atoms with E-state index in [1.807, 2.05) is 0 Å². The summed E-state index contributed by atoms with van der Waals surface area (Å²) >= 11 is 0. The van der Waals surface area contributed by atoms with Crippen LogP contribution in [0.5, 0.6) is 0 Å². The normalized spacial score (nSPS) is 16.3. The Morgan fingerprint density at radius 1 is 1.06 bits per heavy atom. The fourth-order valence-electron chi connectivity index (χ4n) is 1.82. The lowest BCUT2D eigenvalue weighted by molar-refractivity contribution is -0.161. The van der Waals surface area contributed by atoms with Crippen LogP contribution in [-0.4, -0.2) is 17.5 Å². The molecule has 4 nitrogen and oxygen atoms in total. The van der Waals surface area contributed by atoms with Gasteiger partial charge in [-0.3, -0.25) is 4.79 Å². The van der Waals surface area contributed by atoms with Gasteiger partial charge in [0.25, 0.3) is 0 Å². The summed E-state index contributed by atoms with van der Waals surface area (Å²) in [5.74, 6) is -0.972. The molecule has 0 saturated heterocycles. The molecule has 0 radical (unpaired) electrons. The Labute approximate surface area is 109 Å². The van der Waals surface area contributed by atoms with Crippen molar-refractivity contribution in [2.75, 3.05) is 0 Å². The smallest absolute Gasteiger partial charge is 0.333 e. The van der Waals surface area contributed by atoms with E-state index in [4.69, 9.17) is 10.5 Å². The van der Waals surface area contributed by atoms with Gasteiger partial charge in [-0.1, -0.05) is 45.4 Å². The molecule has 104 valence electrons. The van der Waals surface area contributed by atoms with Gasteiger partial charge in [0, 0.05) is 6.42 Å². The van der Waals surface area contributed by atoms with Crippen molar-refractivity contribution in [3.8, 4) is 0 Å². The lowest BCUT2D eigenvalue weighted by Crippen LogP contribution is -2.35. The third kappa shape index (κ3) is 5.63. The first kappa shape index (κ1) is 15.2. The van der Waals surface area contributed by atoms with Crippen LogP contribution < -0.4 is 5.73 Å². The first-order chi connectivity index (χ1) is 8.58. The fraction of sp³-hybridized carbons (Fsp3) is 0.857. The maximum atomic E-state index is 11.4. The molecule has 0 aliphatic heterocycles. The van der Waals surface area contributed by atoms with Gasteiger partial charge in [-0.2, -0.15) is 0 Å². The molecule has 2 N–H and O–H groups in total. The third-order valence-electron chi connectivity index (χ3n) is 3.39. The number of rotatable bonds is 9.